The first-order valence-corrected chi connectivity index (χ1v) is 8.99. The van der Waals surface area contributed by atoms with Gasteiger partial charge in [-0.25, -0.2) is 0 Å². The SMILES string of the molecule is CCOc1cc(CNC(C)C)ccc1OCC(=O)N1CCCCC1. The summed E-state index contributed by atoms with van der Waals surface area (Å²) in [6.07, 6.45) is 3.39. The molecule has 1 fully saturated rings. The van der Waals surface area contributed by atoms with Crippen molar-refractivity contribution in [1.29, 1.82) is 0 Å². The third kappa shape index (κ3) is 5.71. The second-order valence-corrected chi connectivity index (χ2v) is 6.48. The third-order valence-electron chi connectivity index (χ3n) is 4.08. The Balaban J connectivity index is 1.96. The molecule has 1 aromatic rings. The molecule has 0 radical (unpaired) electrons. The normalized spacial score (nSPS) is 14.8. The molecule has 0 atom stereocenters. The van der Waals surface area contributed by atoms with Gasteiger partial charge in [-0.05, 0) is 43.9 Å². The lowest BCUT2D eigenvalue weighted by molar-refractivity contribution is -0.134. The molecule has 1 amide bonds. The van der Waals surface area contributed by atoms with Crippen LogP contribution in [0, 0.1) is 0 Å². The first kappa shape index (κ1) is 18.6. The predicted octanol–water partition coefficient (Wildman–Crippen LogP) is 2.97. The number of hydrogen-bond acceptors (Lipinski definition) is 4. The molecule has 1 aliphatic heterocycles. The monoisotopic (exact) mass is 334 g/mol. The molecule has 1 aromatic carbocycles. The van der Waals surface area contributed by atoms with Crippen LogP contribution in [-0.2, 0) is 11.3 Å². The van der Waals surface area contributed by atoms with Crippen LogP contribution in [0.25, 0.3) is 0 Å². The fourth-order valence-electron chi connectivity index (χ4n) is 2.75. The van der Waals surface area contributed by atoms with E-state index in [-0.39, 0.29) is 12.5 Å². The van der Waals surface area contributed by atoms with Gasteiger partial charge in [0.15, 0.2) is 18.1 Å². The molecular weight excluding hydrogens is 304 g/mol. The summed E-state index contributed by atoms with van der Waals surface area (Å²) < 4.78 is 11.4. The summed E-state index contributed by atoms with van der Waals surface area (Å²) in [5.41, 5.74) is 1.14. The zero-order valence-corrected chi connectivity index (χ0v) is 15.1. The number of piperidine rings is 1. The van der Waals surface area contributed by atoms with E-state index in [1.807, 2.05) is 30.0 Å². The number of hydrogen-bond donors (Lipinski definition) is 1. The Morgan fingerprint density at radius 3 is 2.58 bits per heavy atom. The summed E-state index contributed by atoms with van der Waals surface area (Å²) in [6.45, 7) is 9.30. The zero-order chi connectivity index (χ0) is 17.4. The van der Waals surface area contributed by atoms with Crippen molar-refractivity contribution in [2.75, 3.05) is 26.3 Å². The van der Waals surface area contributed by atoms with E-state index in [0.717, 1.165) is 38.0 Å². The van der Waals surface area contributed by atoms with E-state index in [2.05, 4.69) is 19.2 Å². The Hall–Kier alpha value is -1.75. The predicted molar refractivity (Wildman–Crippen MR) is 95.5 cm³/mol. The Morgan fingerprint density at radius 1 is 1.17 bits per heavy atom. The molecule has 0 aliphatic carbocycles. The number of benzene rings is 1. The van der Waals surface area contributed by atoms with E-state index in [1.54, 1.807) is 0 Å². The van der Waals surface area contributed by atoms with E-state index in [1.165, 1.54) is 6.42 Å². The minimum absolute atomic E-state index is 0.0581. The average Bonchev–Trinajstić information content (AvgIpc) is 2.60. The highest BCUT2D eigenvalue weighted by molar-refractivity contribution is 5.78. The first-order valence-electron chi connectivity index (χ1n) is 8.99. The largest absolute Gasteiger partial charge is 0.490 e. The van der Waals surface area contributed by atoms with Crippen LogP contribution in [0.4, 0.5) is 0 Å². The maximum absolute atomic E-state index is 12.2. The zero-order valence-electron chi connectivity index (χ0n) is 15.1. The maximum Gasteiger partial charge on any atom is 0.260 e. The smallest absolute Gasteiger partial charge is 0.260 e. The molecule has 0 aromatic heterocycles. The van der Waals surface area contributed by atoms with E-state index in [9.17, 15) is 4.79 Å². The van der Waals surface area contributed by atoms with Gasteiger partial charge in [0.1, 0.15) is 0 Å². The highest BCUT2D eigenvalue weighted by atomic mass is 16.5. The molecule has 1 N–H and O–H groups in total. The van der Waals surface area contributed by atoms with Crippen LogP contribution in [0.15, 0.2) is 18.2 Å². The molecule has 2 rings (SSSR count). The highest BCUT2D eigenvalue weighted by Crippen LogP contribution is 2.28. The van der Waals surface area contributed by atoms with Crippen molar-refractivity contribution in [3.8, 4) is 11.5 Å². The number of rotatable bonds is 8. The molecule has 1 aliphatic rings. The number of nitrogens with zero attached hydrogens (tertiary/aromatic N) is 1. The highest BCUT2D eigenvalue weighted by Gasteiger charge is 2.17. The van der Waals surface area contributed by atoms with Gasteiger partial charge in [-0.15, -0.1) is 0 Å². The molecule has 0 spiro atoms. The molecule has 0 saturated carbocycles. The van der Waals surface area contributed by atoms with Gasteiger partial charge in [0.25, 0.3) is 5.91 Å². The summed E-state index contributed by atoms with van der Waals surface area (Å²) in [5, 5.41) is 3.39. The van der Waals surface area contributed by atoms with Crippen molar-refractivity contribution in [1.82, 2.24) is 10.2 Å². The van der Waals surface area contributed by atoms with Gasteiger partial charge in [0.05, 0.1) is 6.61 Å². The van der Waals surface area contributed by atoms with Crippen molar-refractivity contribution < 1.29 is 14.3 Å². The van der Waals surface area contributed by atoms with E-state index >= 15 is 0 Å². The second-order valence-electron chi connectivity index (χ2n) is 6.48. The summed E-state index contributed by atoms with van der Waals surface area (Å²) in [5.74, 6) is 1.39. The number of nitrogens with one attached hydrogen (secondary N) is 1. The van der Waals surface area contributed by atoms with Crippen LogP contribution in [0.2, 0.25) is 0 Å². The van der Waals surface area contributed by atoms with Gasteiger partial charge in [0, 0.05) is 25.7 Å². The Morgan fingerprint density at radius 2 is 1.92 bits per heavy atom. The van der Waals surface area contributed by atoms with Gasteiger partial charge < -0.3 is 19.7 Å². The van der Waals surface area contributed by atoms with Gasteiger partial charge in [-0.3, -0.25) is 4.79 Å². The van der Waals surface area contributed by atoms with Crippen molar-refractivity contribution in [2.45, 2.75) is 52.6 Å². The lowest BCUT2D eigenvalue weighted by Crippen LogP contribution is -2.38. The summed E-state index contributed by atoms with van der Waals surface area (Å²) in [6, 6.07) is 6.32. The fraction of sp³-hybridized carbons (Fsp3) is 0.632. The fourth-order valence-corrected chi connectivity index (χ4v) is 2.75. The van der Waals surface area contributed by atoms with Crippen LogP contribution >= 0.6 is 0 Å². The minimum atomic E-state index is 0.0581. The summed E-state index contributed by atoms with van der Waals surface area (Å²) in [7, 11) is 0. The molecule has 1 saturated heterocycles. The number of ether oxygens (including phenoxy) is 2. The molecule has 5 nitrogen and oxygen atoms in total. The third-order valence-corrected chi connectivity index (χ3v) is 4.08. The maximum atomic E-state index is 12.2. The van der Waals surface area contributed by atoms with E-state index in [4.69, 9.17) is 9.47 Å². The van der Waals surface area contributed by atoms with Gasteiger partial charge in [-0.1, -0.05) is 19.9 Å². The average molecular weight is 334 g/mol. The molecule has 24 heavy (non-hydrogen) atoms. The summed E-state index contributed by atoms with van der Waals surface area (Å²) >= 11 is 0. The summed E-state index contributed by atoms with van der Waals surface area (Å²) in [4.78, 5) is 14.1. The lowest BCUT2D eigenvalue weighted by atomic mass is 10.1. The topological polar surface area (TPSA) is 50.8 Å². The van der Waals surface area contributed by atoms with Crippen LogP contribution < -0.4 is 14.8 Å². The van der Waals surface area contributed by atoms with Crippen molar-refractivity contribution in [3.63, 3.8) is 0 Å². The van der Waals surface area contributed by atoms with Gasteiger partial charge in [0.2, 0.25) is 0 Å². The Kier molecular flexibility index (Phi) is 7.37. The van der Waals surface area contributed by atoms with Gasteiger partial charge in [-0.2, -0.15) is 0 Å². The number of carbonyl (C=O) groups is 1. The standard InChI is InChI=1S/C19H30N2O3/c1-4-23-18-12-16(13-20-15(2)3)8-9-17(18)24-14-19(22)21-10-6-5-7-11-21/h8-9,12,15,20H,4-7,10-11,13-14H2,1-3H3. The molecular formula is C19H30N2O3. The van der Waals surface area contributed by atoms with Crippen LogP contribution in [-0.4, -0.2) is 43.2 Å². The van der Waals surface area contributed by atoms with E-state index < -0.39 is 0 Å². The molecule has 134 valence electrons. The Labute approximate surface area is 145 Å². The van der Waals surface area contributed by atoms with Crippen LogP contribution in [0.1, 0.15) is 45.6 Å². The lowest BCUT2D eigenvalue weighted by Gasteiger charge is -2.26. The molecule has 1 heterocycles. The molecule has 0 unspecified atom stereocenters. The van der Waals surface area contributed by atoms with Gasteiger partial charge >= 0.3 is 0 Å². The number of likely N-dealkylation sites (tertiary alicyclic amines) is 1. The van der Waals surface area contributed by atoms with Crippen molar-refractivity contribution >= 4 is 5.91 Å². The Bertz CT molecular complexity index is 525. The van der Waals surface area contributed by atoms with Crippen LogP contribution in [0.3, 0.4) is 0 Å². The minimum Gasteiger partial charge on any atom is -0.490 e. The van der Waals surface area contributed by atoms with Crippen molar-refractivity contribution in [2.24, 2.45) is 0 Å². The van der Waals surface area contributed by atoms with Crippen LogP contribution in [0.5, 0.6) is 11.5 Å². The molecule has 5 heteroatoms. The van der Waals surface area contributed by atoms with E-state index in [0.29, 0.717) is 24.1 Å². The molecule has 0 bridgehead atoms. The quantitative estimate of drug-likeness (QED) is 0.794. The van der Waals surface area contributed by atoms with Crippen molar-refractivity contribution in [3.05, 3.63) is 23.8 Å². The second kappa shape index (κ2) is 9.52. The number of carbonyl (C=O) groups excluding carboxylic acids is 1. The number of amides is 1. The first-order chi connectivity index (χ1) is 11.6.